The molecule has 0 aromatic heterocycles. The van der Waals surface area contributed by atoms with E-state index >= 15 is 0 Å². The molecule has 0 spiro atoms. The summed E-state index contributed by atoms with van der Waals surface area (Å²) < 4.78 is 9.84. The first kappa shape index (κ1) is 10.5. The summed E-state index contributed by atoms with van der Waals surface area (Å²) in [4.78, 5) is 10.9. The first-order valence-corrected chi connectivity index (χ1v) is 4.64. The Labute approximate surface area is 78.4 Å². The van der Waals surface area contributed by atoms with Crippen LogP contribution in [0.2, 0.25) is 0 Å². The fraction of sp³-hybridized carbons (Fsp3) is 0.889. The molecule has 4 nitrogen and oxygen atoms in total. The lowest BCUT2D eigenvalue weighted by Crippen LogP contribution is -2.37. The first-order chi connectivity index (χ1) is 6.24. The van der Waals surface area contributed by atoms with Gasteiger partial charge < -0.3 is 15.2 Å². The Kier molecular flexibility index (Phi) is 4.18. The van der Waals surface area contributed by atoms with Crippen LogP contribution in [0, 0.1) is 5.92 Å². The molecule has 0 aromatic carbocycles. The van der Waals surface area contributed by atoms with E-state index in [-0.39, 0.29) is 12.0 Å². The average Bonchev–Trinajstić information content (AvgIpc) is 2.19. The summed E-state index contributed by atoms with van der Waals surface area (Å²) in [5.74, 6) is 0.0749. The zero-order chi connectivity index (χ0) is 9.68. The third kappa shape index (κ3) is 3.32. The molecule has 1 heterocycles. The third-order valence-corrected chi connectivity index (χ3v) is 2.43. The van der Waals surface area contributed by atoms with E-state index in [1.54, 1.807) is 0 Å². The first-order valence-electron chi connectivity index (χ1n) is 4.64. The molecule has 1 saturated heterocycles. The predicted molar refractivity (Wildman–Crippen MR) is 48.2 cm³/mol. The quantitative estimate of drug-likeness (QED) is 0.646. The van der Waals surface area contributed by atoms with Crippen molar-refractivity contribution in [2.45, 2.75) is 25.3 Å². The van der Waals surface area contributed by atoms with E-state index in [2.05, 4.69) is 4.74 Å². The molecule has 2 unspecified atom stereocenters. The molecular formula is C9H17NO3. The van der Waals surface area contributed by atoms with Crippen LogP contribution in [0.4, 0.5) is 0 Å². The summed E-state index contributed by atoms with van der Waals surface area (Å²) in [6.07, 6.45) is 2.39. The van der Waals surface area contributed by atoms with Crippen molar-refractivity contribution in [1.29, 1.82) is 0 Å². The number of methoxy groups -OCH3 is 1. The third-order valence-electron chi connectivity index (χ3n) is 2.43. The van der Waals surface area contributed by atoms with E-state index in [9.17, 15) is 4.79 Å². The van der Waals surface area contributed by atoms with E-state index in [0.29, 0.717) is 18.9 Å². The highest BCUT2D eigenvalue weighted by Crippen LogP contribution is 2.18. The van der Waals surface area contributed by atoms with Gasteiger partial charge in [-0.15, -0.1) is 0 Å². The molecule has 4 heteroatoms. The maximum absolute atomic E-state index is 10.9. The fourth-order valence-corrected chi connectivity index (χ4v) is 1.55. The standard InChI is InChI=1S/C9H17NO3/c1-12-9(11)5-8(10)7-3-2-4-13-6-7/h7-8H,2-6,10H2,1H3. The highest BCUT2D eigenvalue weighted by Gasteiger charge is 2.23. The van der Waals surface area contributed by atoms with Gasteiger partial charge in [0, 0.05) is 12.6 Å². The van der Waals surface area contributed by atoms with Crippen LogP contribution in [-0.4, -0.2) is 32.3 Å². The van der Waals surface area contributed by atoms with E-state index < -0.39 is 0 Å². The van der Waals surface area contributed by atoms with Gasteiger partial charge in [0.25, 0.3) is 0 Å². The summed E-state index contributed by atoms with van der Waals surface area (Å²) in [5, 5.41) is 0. The van der Waals surface area contributed by atoms with Gasteiger partial charge in [-0.25, -0.2) is 0 Å². The van der Waals surface area contributed by atoms with Crippen molar-refractivity contribution in [3.8, 4) is 0 Å². The average molecular weight is 187 g/mol. The molecule has 13 heavy (non-hydrogen) atoms. The molecule has 1 rings (SSSR count). The highest BCUT2D eigenvalue weighted by atomic mass is 16.5. The monoisotopic (exact) mass is 187 g/mol. The van der Waals surface area contributed by atoms with Crippen molar-refractivity contribution in [2.75, 3.05) is 20.3 Å². The Morgan fingerprint density at radius 1 is 1.77 bits per heavy atom. The molecule has 2 atom stereocenters. The molecule has 1 aliphatic heterocycles. The van der Waals surface area contributed by atoms with E-state index in [1.807, 2.05) is 0 Å². The molecule has 0 saturated carbocycles. The number of carbonyl (C=O) groups is 1. The molecule has 2 N–H and O–H groups in total. The lowest BCUT2D eigenvalue weighted by atomic mass is 9.92. The van der Waals surface area contributed by atoms with Crippen LogP contribution in [-0.2, 0) is 14.3 Å². The number of hydrogen-bond donors (Lipinski definition) is 1. The van der Waals surface area contributed by atoms with E-state index in [1.165, 1.54) is 7.11 Å². The van der Waals surface area contributed by atoms with Crippen molar-refractivity contribution >= 4 is 5.97 Å². The van der Waals surface area contributed by atoms with Crippen LogP contribution in [0.5, 0.6) is 0 Å². The Morgan fingerprint density at radius 2 is 2.54 bits per heavy atom. The number of ether oxygens (including phenoxy) is 2. The SMILES string of the molecule is COC(=O)CC(N)C1CCCOC1. The second-order valence-corrected chi connectivity index (χ2v) is 3.42. The summed E-state index contributed by atoms with van der Waals surface area (Å²) in [5.41, 5.74) is 5.84. The van der Waals surface area contributed by atoms with Crippen molar-refractivity contribution < 1.29 is 14.3 Å². The van der Waals surface area contributed by atoms with Crippen LogP contribution >= 0.6 is 0 Å². The molecule has 0 amide bonds. The summed E-state index contributed by atoms with van der Waals surface area (Å²) >= 11 is 0. The van der Waals surface area contributed by atoms with Gasteiger partial charge in [0.2, 0.25) is 0 Å². The van der Waals surface area contributed by atoms with Gasteiger partial charge in [-0.3, -0.25) is 4.79 Å². The number of esters is 1. The Hall–Kier alpha value is -0.610. The second kappa shape index (κ2) is 5.19. The molecule has 0 radical (unpaired) electrons. The molecule has 0 bridgehead atoms. The molecule has 0 aromatic rings. The number of rotatable bonds is 3. The number of carbonyl (C=O) groups excluding carboxylic acids is 1. The van der Waals surface area contributed by atoms with Crippen molar-refractivity contribution in [2.24, 2.45) is 11.7 Å². The van der Waals surface area contributed by atoms with Crippen LogP contribution < -0.4 is 5.73 Å². The maximum atomic E-state index is 10.9. The lowest BCUT2D eigenvalue weighted by molar-refractivity contribution is -0.141. The minimum atomic E-state index is -0.238. The van der Waals surface area contributed by atoms with E-state index in [4.69, 9.17) is 10.5 Å². The summed E-state index contributed by atoms with van der Waals surface area (Å²) in [6, 6.07) is -0.118. The lowest BCUT2D eigenvalue weighted by Gasteiger charge is -2.26. The normalized spacial score (nSPS) is 25.2. The number of nitrogens with two attached hydrogens (primary N) is 1. The summed E-state index contributed by atoms with van der Waals surface area (Å²) in [6.45, 7) is 1.50. The minimum absolute atomic E-state index is 0.118. The van der Waals surface area contributed by atoms with Crippen LogP contribution in [0.1, 0.15) is 19.3 Å². The van der Waals surface area contributed by atoms with Gasteiger partial charge in [0.1, 0.15) is 0 Å². The van der Waals surface area contributed by atoms with Gasteiger partial charge in [-0.2, -0.15) is 0 Å². The smallest absolute Gasteiger partial charge is 0.307 e. The largest absolute Gasteiger partial charge is 0.469 e. The molecule has 1 aliphatic rings. The fourth-order valence-electron chi connectivity index (χ4n) is 1.55. The number of hydrogen-bond acceptors (Lipinski definition) is 4. The van der Waals surface area contributed by atoms with Gasteiger partial charge in [0.15, 0.2) is 0 Å². The Bertz CT molecular complexity index is 166. The zero-order valence-corrected chi connectivity index (χ0v) is 7.99. The van der Waals surface area contributed by atoms with Gasteiger partial charge >= 0.3 is 5.97 Å². The van der Waals surface area contributed by atoms with Crippen LogP contribution in [0.15, 0.2) is 0 Å². The Morgan fingerprint density at radius 3 is 3.08 bits per heavy atom. The zero-order valence-electron chi connectivity index (χ0n) is 7.99. The second-order valence-electron chi connectivity index (χ2n) is 3.42. The molecule has 0 aliphatic carbocycles. The highest BCUT2D eigenvalue weighted by molar-refractivity contribution is 5.69. The molecule has 1 fully saturated rings. The van der Waals surface area contributed by atoms with Crippen LogP contribution in [0.25, 0.3) is 0 Å². The van der Waals surface area contributed by atoms with Gasteiger partial charge in [-0.05, 0) is 18.8 Å². The van der Waals surface area contributed by atoms with E-state index in [0.717, 1.165) is 19.4 Å². The maximum Gasteiger partial charge on any atom is 0.307 e. The van der Waals surface area contributed by atoms with Crippen molar-refractivity contribution in [3.05, 3.63) is 0 Å². The summed E-state index contributed by atoms with van der Waals surface area (Å²) in [7, 11) is 1.38. The van der Waals surface area contributed by atoms with Gasteiger partial charge in [-0.1, -0.05) is 0 Å². The van der Waals surface area contributed by atoms with Crippen LogP contribution in [0.3, 0.4) is 0 Å². The Balaban J connectivity index is 2.28. The minimum Gasteiger partial charge on any atom is -0.469 e. The van der Waals surface area contributed by atoms with Gasteiger partial charge in [0.05, 0.1) is 20.1 Å². The topological polar surface area (TPSA) is 61.5 Å². The predicted octanol–water partition coefficient (Wildman–Crippen LogP) is 0.303. The van der Waals surface area contributed by atoms with Crippen molar-refractivity contribution in [3.63, 3.8) is 0 Å². The molecular weight excluding hydrogens is 170 g/mol. The molecule has 76 valence electrons. The van der Waals surface area contributed by atoms with Crippen molar-refractivity contribution in [1.82, 2.24) is 0 Å².